The summed E-state index contributed by atoms with van der Waals surface area (Å²) in [5, 5.41) is 5.46. The maximum atomic E-state index is 13.7. The molecular weight excluding hydrogens is 383 g/mol. The number of carbonyl (C=O) groups is 1. The highest BCUT2D eigenvalue weighted by Gasteiger charge is 2.22. The third-order valence-corrected chi connectivity index (χ3v) is 5.57. The van der Waals surface area contributed by atoms with E-state index in [2.05, 4.69) is 21.5 Å². The number of pyridine rings is 1. The van der Waals surface area contributed by atoms with Crippen LogP contribution in [0.15, 0.2) is 41.4 Å². The summed E-state index contributed by atoms with van der Waals surface area (Å²) in [4.78, 5) is 16.5. The van der Waals surface area contributed by atoms with Gasteiger partial charge in [0.15, 0.2) is 0 Å². The Morgan fingerprint density at radius 2 is 1.96 bits per heavy atom. The fraction of sp³-hybridized carbons (Fsp3) is 0.263. The minimum Gasteiger partial charge on any atom is -0.340 e. The molecular formula is C19H21FN4O3S. The van der Waals surface area contributed by atoms with E-state index in [0.29, 0.717) is 5.69 Å². The molecule has 0 saturated heterocycles. The lowest BCUT2D eigenvalue weighted by atomic mass is 10.1. The first kappa shape index (κ1) is 21.3. The molecule has 0 spiro atoms. The molecule has 0 aliphatic heterocycles. The smallest absolute Gasteiger partial charge is 0.256 e. The van der Waals surface area contributed by atoms with Crippen LogP contribution in [-0.4, -0.2) is 43.2 Å². The summed E-state index contributed by atoms with van der Waals surface area (Å²) in [6.07, 6.45) is 6.33. The summed E-state index contributed by atoms with van der Waals surface area (Å²) in [5.74, 6) is 1.17. The second-order valence-corrected chi connectivity index (χ2v) is 8.87. The van der Waals surface area contributed by atoms with E-state index >= 15 is 0 Å². The van der Waals surface area contributed by atoms with Crippen LogP contribution in [0.25, 0.3) is 0 Å². The van der Waals surface area contributed by atoms with Crippen LogP contribution in [0.1, 0.15) is 24.2 Å². The van der Waals surface area contributed by atoms with E-state index in [0.717, 1.165) is 16.6 Å². The maximum absolute atomic E-state index is 13.7. The maximum Gasteiger partial charge on any atom is 0.256 e. The number of sulfonamides is 1. The van der Waals surface area contributed by atoms with Crippen molar-refractivity contribution in [2.45, 2.75) is 24.3 Å². The highest BCUT2D eigenvalue weighted by molar-refractivity contribution is 7.89. The second-order valence-electron chi connectivity index (χ2n) is 6.71. The van der Waals surface area contributed by atoms with Crippen molar-refractivity contribution in [1.82, 2.24) is 14.6 Å². The van der Waals surface area contributed by atoms with Gasteiger partial charge >= 0.3 is 0 Å². The summed E-state index contributed by atoms with van der Waals surface area (Å²) < 4.78 is 39.4. The fourth-order valence-corrected chi connectivity index (χ4v) is 3.13. The highest BCUT2D eigenvalue weighted by atomic mass is 32.2. The molecule has 0 saturated carbocycles. The lowest BCUT2D eigenvalue weighted by Gasteiger charge is -2.20. The number of nitrogens with zero attached hydrogens (tertiary/aromatic N) is 2. The Labute approximate surface area is 164 Å². The number of anilines is 2. The molecule has 0 aliphatic carbocycles. The molecule has 0 fully saturated rings. The zero-order chi connectivity index (χ0) is 21.1. The monoisotopic (exact) mass is 404 g/mol. The van der Waals surface area contributed by atoms with Gasteiger partial charge in [0, 0.05) is 19.8 Å². The van der Waals surface area contributed by atoms with Crippen LogP contribution in [-0.2, 0) is 10.0 Å². The first-order chi connectivity index (χ1) is 13.0. The molecule has 9 heteroatoms. The van der Waals surface area contributed by atoms with E-state index in [1.807, 2.05) is 0 Å². The Kier molecular flexibility index (Phi) is 6.07. The predicted molar refractivity (Wildman–Crippen MR) is 105 cm³/mol. The van der Waals surface area contributed by atoms with E-state index in [1.165, 1.54) is 26.2 Å². The predicted octanol–water partition coefficient (Wildman–Crippen LogP) is 2.36. The first-order valence-electron chi connectivity index (χ1n) is 8.22. The zero-order valence-corrected chi connectivity index (χ0v) is 16.8. The molecule has 1 aromatic heterocycles. The van der Waals surface area contributed by atoms with Crippen molar-refractivity contribution in [3.05, 3.63) is 47.9 Å². The van der Waals surface area contributed by atoms with Crippen LogP contribution in [0.5, 0.6) is 0 Å². The number of carbonyl (C=O) groups excluding carboxylic acids is 1. The van der Waals surface area contributed by atoms with E-state index < -0.39 is 27.3 Å². The van der Waals surface area contributed by atoms with E-state index in [4.69, 9.17) is 6.42 Å². The average Bonchev–Trinajstić information content (AvgIpc) is 2.63. The molecule has 1 amide bonds. The number of nitrogens with one attached hydrogen (secondary N) is 2. The lowest BCUT2D eigenvalue weighted by molar-refractivity contribution is 0.0930. The van der Waals surface area contributed by atoms with E-state index in [9.17, 15) is 17.6 Å². The normalized spacial score (nSPS) is 11.8. The van der Waals surface area contributed by atoms with Crippen molar-refractivity contribution in [2.24, 2.45) is 0 Å². The first-order valence-corrected chi connectivity index (χ1v) is 9.66. The Hall–Kier alpha value is -2.96. The molecule has 1 heterocycles. The van der Waals surface area contributed by atoms with Gasteiger partial charge in [-0.25, -0.2) is 22.1 Å². The molecule has 0 atom stereocenters. The summed E-state index contributed by atoms with van der Waals surface area (Å²) in [6.45, 7) is 3.25. The fourth-order valence-electron chi connectivity index (χ4n) is 2.18. The molecule has 0 aliphatic rings. The van der Waals surface area contributed by atoms with Gasteiger partial charge in [0.1, 0.15) is 11.6 Å². The van der Waals surface area contributed by atoms with Gasteiger partial charge in [-0.1, -0.05) is 12.0 Å². The molecule has 2 rings (SSSR count). The second kappa shape index (κ2) is 7.96. The topological polar surface area (TPSA) is 91.4 Å². The van der Waals surface area contributed by atoms with Gasteiger partial charge in [-0.2, -0.15) is 0 Å². The number of rotatable bonds is 6. The number of terminal acetylenes is 1. The van der Waals surface area contributed by atoms with Gasteiger partial charge in [-0.15, -0.1) is 6.42 Å². The van der Waals surface area contributed by atoms with Gasteiger partial charge in [0.2, 0.25) is 10.0 Å². The van der Waals surface area contributed by atoms with Crippen LogP contribution < -0.4 is 10.6 Å². The molecule has 2 N–H and O–H groups in total. The Balaban J connectivity index is 2.41. The van der Waals surface area contributed by atoms with Crippen LogP contribution >= 0.6 is 0 Å². The SMILES string of the molecule is C#CC(C)(C)NC(=O)c1cc(F)cnc1Nc1cccc(S(=O)(=O)N(C)C)c1. The average molecular weight is 404 g/mol. The largest absolute Gasteiger partial charge is 0.340 e. The van der Waals surface area contributed by atoms with Crippen molar-refractivity contribution < 1.29 is 17.6 Å². The molecule has 7 nitrogen and oxygen atoms in total. The number of amides is 1. The molecule has 1 aromatic carbocycles. The summed E-state index contributed by atoms with van der Waals surface area (Å²) >= 11 is 0. The number of aromatic nitrogens is 1. The van der Waals surface area contributed by atoms with Gasteiger partial charge in [-0.3, -0.25) is 4.79 Å². The lowest BCUT2D eigenvalue weighted by Crippen LogP contribution is -2.42. The van der Waals surface area contributed by atoms with Crippen molar-refractivity contribution in [2.75, 3.05) is 19.4 Å². The number of hydrogen-bond donors (Lipinski definition) is 2. The van der Waals surface area contributed by atoms with Crippen molar-refractivity contribution in [3.63, 3.8) is 0 Å². The van der Waals surface area contributed by atoms with E-state index in [1.54, 1.807) is 26.0 Å². The standard InChI is InChI=1S/C19H21FN4O3S/c1-6-19(2,3)23-18(25)16-10-13(20)12-21-17(16)22-14-8-7-9-15(11-14)28(26,27)24(4)5/h1,7-12H,2-5H3,(H,21,22)(H,23,25). The Bertz CT molecular complexity index is 1040. The molecule has 148 valence electrons. The van der Waals surface area contributed by atoms with Crippen LogP contribution in [0.3, 0.4) is 0 Å². The minimum absolute atomic E-state index is 0.0593. The van der Waals surface area contributed by atoms with Gasteiger partial charge < -0.3 is 10.6 Å². The Morgan fingerprint density at radius 1 is 1.29 bits per heavy atom. The Morgan fingerprint density at radius 3 is 2.57 bits per heavy atom. The number of benzene rings is 1. The van der Waals surface area contributed by atoms with Crippen LogP contribution in [0.2, 0.25) is 0 Å². The third kappa shape index (κ3) is 4.85. The van der Waals surface area contributed by atoms with Crippen molar-refractivity contribution in [1.29, 1.82) is 0 Å². The molecule has 28 heavy (non-hydrogen) atoms. The molecule has 0 unspecified atom stereocenters. The molecule has 0 radical (unpaired) electrons. The number of halogens is 1. The van der Waals surface area contributed by atoms with Gasteiger partial charge in [-0.05, 0) is 38.1 Å². The van der Waals surface area contributed by atoms with Crippen molar-refractivity contribution in [3.8, 4) is 12.3 Å². The van der Waals surface area contributed by atoms with Gasteiger partial charge in [0.25, 0.3) is 5.91 Å². The zero-order valence-electron chi connectivity index (χ0n) is 15.9. The summed E-state index contributed by atoms with van der Waals surface area (Å²) in [5.41, 5.74) is -0.642. The minimum atomic E-state index is -3.64. The number of hydrogen-bond acceptors (Lipinski definition) is 5. The van der Waals surface area contributed by atoms with E-state index in [-0.39, 0.29) is 16.3 Å². The molecule has 0 bridgehead atoms. The van der Waals surface area contributed by atoms with Crippen LogP contribution in [0.4, 0.5) is 15.9 Å². The quantitative estimate of drug-likeness (QED) is 0.722. The summed E-state index contributed by atoms with van der Waals surface area (Å²) in [6, 6.07) is 7.02. The van der Waals surface area contributed by atoms with Crippen molar-refractivity contribution >= 4 is 27.4 Å². The third-order valence-electron chi connectivity index (χ3n) is 3.76. The van der Waals surface area contributed by atoms with Gasteiger partial charge in [0.05, 0.1) is 22.2 Å². The summed E-state index contributed by atoms with van der Waals surface area (Å²) in [7, 11) is -0.794. The highest BCUT2D eigenvalue weighted by Crippen LogP contribution is 2.23. The van der Waals surface area contributed by atoms with Crippen LogP contribution in [0, 0.1) is 18.2 Å². The molecule has 2 aromatic rings.